The molecule has 0 amide bonds. The first kappa shape index (κ1) is 17.9. The third-order valence-corrected chi connectivity index (χ3v) is 4.12. The van der Waals surface area contributed by atoms with Gasteiger partial charge in [-0.3, -0.25) is 0 Å². The zero-order chi connectivity index (χ0) is 14.5. The molecule has 1 aliphatic rings. The summed E-state index contributed by atoms with van der Waals surface area (Å²) in [7, 11) is 0. The van der Waals surface area contributed by atoms with Gasteiger partial charge in [-0.1, -0.05) is 32.1 Å². The van der Waals surface area contributed by atoms with Crippen LogP contribution in [0.5, 0.6) is 0 Å². The molecule has 1 unspecified atom stereocenters. The molecular formula is C16H34N2O2. The monoisotopic (exact) mass is 286 g/mol. The Kier molecular flexibility index (Phi) is 11.2. The fraction of sp³-hybridized carbons (Fsp3) is 1.00. The molecule has 4 N–H and O–H groups in total. The molecular weight excluding hydrogens is 252 g/mol. The van der Waals surface area contributed by atoms with Gasteiger partial charge in [0.05, 0.1) is 0 Å². The van der Waals surface area contributed by atoms with Gasteiger partial charge < -0.3 is 20.9 Å². The van der Waals surface area contributed by atoms with Gasteiger partial charge in [0.25, 0.3) is 0 Å². The Morgan fingerprint density at radius 3 is 2.30 bits per heavy atom. The molecule has 1 fully saturated rings. The second kappa shape index (κ2) is 12.6. The lowest BCUT2D eigenvalue weighted by Gasteiger charge is -2.22. The molecule has 0 spiro atoms. The van der Waals surface area contributed by atoms with Crippen molar-refractivity contribution in [3.63, 3.8) is 0 Å². The van der Waals surface area contributed by atoms with Crippen molar-refractivity contribution in [1.82, 2.24) is 0 Å². The fourth-order valence-corrected chi connectivity index (χ4v) is 2.63. The van der Waals surface area contributed by atoms with Crippen LogP contribution >= 0.6 is 0 Å². The standard InChI is InChI=1S/C16H34N2O2/c17-13-15(14-18)9-5-3-1-2-4-7-11-19-16-10-6-8-12-20-16/h15-16H,1-14,17-18H2. The molecule has 1 atom stereocenters. The summed E-state index contributed by atoms with van der Waals surface area (Å²) in [6, 6.07) is 0. The maximum Gasteiger partial charge on any atom is 0.157 e. The summed E-state index contributed by atoms with van der Waals surface area (Å²) in [5.74, 6) is 0.527. The SMILES string of the molecule is NCC(CN)CCCCCCCCOC1CCCCO1. The van der Waals surface area contributed by atoms with Crippen LogP contribution in [0.25, 0.3) is 0 Å². The summed E-state index contributed by atoms with van der Waals surface area (Å²) in [6.07, 6.45) is 12.4. The molecule has 1 saturated heterocycles. The molecule has 4 nitrogen and oxygen atoms in total. The molecule has 20 heavy (non-hydrogen) atoms. The largest absolute Gasteiger partial charge is 0.353 e. The minimum Gasteiger partial charge on any atom is -0.353 e. The maximum absolute atomic E-state index is 5.72. The third-order valence-electron chi connectivity index (χ3n) is 4.12. The first-order valence-electron chi connectivity index (χ1n) is 8.50. The minimum absolute atomic E-state index is 0.0770. The quantitative estimate of drug-likeness (QED) is 0.541. The van der Waals surface area contributed by atoms with Crippen LogP contribution in [0.2, 0.25) is 0 Å². The number of unbranched alkanes of at least 4 members (excludes halogenated alkanes) is 5. The van der Waals surface area contributed by atoms with Crippen LogP contribution in [0.1, 0.15) is 64.2 Å². The van der Waals surface area contributed by atoms with Gasteiger partial charge in [0.1, 0.15) is 0 Å². The lowest BCUT2D eigenvalue weighted by molar-refractivity contribution is -0.162. The van der Waals surface area contributed by atoms with E-state index in [4.69, 9.17) is 20.9 Å². The van der Waals surface area contributed by atoms with Crippen LogP contribution in [0.3, 0.4) is 0 Å². The summed E-state index contributed by atoms with van der Waals surface area (Å²) < 4.78 is 11.3. The van der Waals surface area contributed by atoms with E-state index in [1.54, 1.807) is 0 Å². The van der Waals surface area contributed by atoms with Crippen molar-refractivity contribution in [3.05, 3.63) is 0 Å². The van der Waals surface area contributed by atoms with Crippen molar-refractivity contribution in [2.24, 2.45) is 17.4 Å². The Morgan fingerprint density at radius 2 is 1.65 bits per heavy atom. The van der Waals surface area contributed by atoms with E-state index in [-0.39, 0.29) is 6.29 Å². The average Bonchev–Trinajstić information content (AvgIpc) is 2.50. The van der Waals surface area contributed by atoms with Crippen molar-refractivity contribution < 1.29 is 9.47 Å². The Balaban J connectivity index is 1.78. The number of ether oxygens (including phenoxy) is 2. The average molecular weight is 286 g/mol. The molecule has 0 aromatic heterocycles. The van der Waals surface area contributed by atoms with Gasteiger partial charge >= 0.3 is 0 Å². The molecule has 120 valence electrons. The second-order valence-corrected chi connectivity index (χ2v) is 5.91. The van der Waals surface area contributed by atoms with Gasteiger partial charge in [0.2, 0.25) is 0 Å². The van der Waals surface area contributed by atoms with Gasteiger partial charge in [-0.15, -0.1) is 0 Å². The van der Waals surface area contributed by atoms with Crippen LogP contribution in [-0.2, 0) is 9.47 Å². The Hall–Kier alpha value is -0.160. The topological polar surface area (TPSA) is 70.5 Å². The first-order valence-corrected chi connectivity index (χ1v) is 8.50. The van der Waals surface area contributed by atoms with E-state index in [9.17, 15) is 0 Å². The fourth-order valence-electron chi connectivity index (χ4n) is 2.63. The van der Waals surface area contributed by atoms with Gasteiger partial charge in [-0.2, -0.15) is 0 Å². The zero-order valence-electron chi connectivity index (χ0n) is 13.0. The van der Waals surface area contributed by atoms with Crippen molar-refractivity contribution >= 4 is 0 Å². The highest BCUT2D eigenvalue weighted by atomic mass is 16.7. The number of rotatable bonds is 12. The summed E-state index contributed by atoms with van der Waals surface area (Å²) >= 11 is 0. The van der Waals surface area contributed by atoms with E-state index >= 15 is 0 Å². The molecule has 0 bridgehead atoms. The van der Waals surface area contributed by atoms with Crippen LogP contribution in [-0.4, -0.2) is 32.6 Å². The van der Waals surface area contributed by atoms with Crippen molar-refractivity contribution in [2.45, 2.75) is 70.5 Å². The van der Waals surface area contributed by atoms with E-state index in [1.807, 2.05) is 0 Å². The second-order valence-electron chi connectivity index (χ2n) is 5.91. The molecule has 1 heterocycles. The number of hydrogen-bond acceptors (Lipinski definition) is 4. The van der Waals surface area contributed by atoms with Crippen LogP contribution < -0.4 is 11.5 Å². The molecule has 0 aromatic rings. The van der Waals surface area contributed by atoms with Gasteiger partial charge in [-0.25, -0.2) is 0 Å². The summed E-state index contributed by atoms with van der Waals surface area (Å²) in [5.41, 5.74) is 11.3. The number of hydrogen-bond donors (Lipinski definition) is 2. The smallest absolute Gasteiger partial charge is 0.157 e. The zero-order valence-corrected chi connectivity index (χ0v) is 13.0. The molecule has 0 saturated carbocycles. The van der Waals surface area contributed by atoms with Gasteiger partial charge in [0, 0.05) is 13.2 Å². The minimum atomic E-state index is 0.0770. The van der Waals surface area contributed by atoms with Crippen LogP contribution in [0.15, 0.2) is 0 Å². The molecule has 0 aromatic carbocycles. The van der Waals surface area contributed by atoms with E-state index in [0.717, 1.165) is 39.1 Å². The maximum atomic E-state index is 5.72. The van der Waals surface area contributed by atoms with E-state index in [0.29, 0.717) is 5.92 Å². The lowest BCUT2D eigenvalue weighted by Crippen LogP contribution is -2.23. The molecule has 1 rings (SSSR count). The first-order chi connectivity index (χ1) is 9.86. The predicted molar refractivity (Wildman–Crippen MR) is 83.5 cm³/mol. The van der Waals surface area contributed by atoms with Crippen molar-refractivity contribution in [1.29, 1.82) is 0 Å². The Labute approximate surface area is 124 Å². The molecule has 0 aliphatic carbocycles. The third kappa shape index (κ3) is 8.90. The predicted octanol–water partition coefficient (Wildman–Crippen LogP) is 2.79. The van der Waals surface area contributed by atoms with Crippen LogP contribution in [0.4, 0.5) is 0 Å². The highest BCUT2D eigenvalue weighted by Crippen LogP contribution is 2.15. The number of nitrogens with two attached hydrogens (primary N) is 2. The van der Waals surface area contributed by atoms with Gasteiger partial charge in [-0.05, 0) is 51.1 Å². The molecule has 1 aliphatic heterocycles. The molecule has 0 radical (unpaired) electrons. The summed E-state index contributed by atoms with van der Waals surface area (Å²) in [4.78, 5) is 0. The van der Waals surface area contributed by atoms with Crippen molar-refractivity contribution in [2.75, 3.05) is 26.3 Å². The highest BCUT2D eigenvalue weighted by Gasteiger charge is 2.13. The van der Waals surface area contributed by atoms with E-state index in [2.05, 4.69) is 0 Å². The highest BCUT2D eigenvalue weighted by molar-refractivity contribution is 4.60. The van der Waals surface area contributed by atoms with Crippen LogP contribution in [0, 0.1) is 5.92 Å². The Morgan fingerprint density at radius 1 is 0.950 bits per heavy atom. The van der Waals surface area contributed by atoms with Gasteiger partial charge in [0.15, 0.2) is 6.29 Å². The Bertz CT molecular complexity index is 205. The normalized spacial score (nSPS) is 19.6. The summed E-state index contributed by atoms with van der Waals surface area (Å²) in [5, 5.41) is 0. The van der Waals surface area contributed by atoms with Crippen molar-refractivity contribution in [3.8, 4) is 0 Å². The van der Waals surface area contributed by atoms with E-state index < -0.39 is 0 Å². The summed E-state index contributed by atoms with van der Waals surface area (Å²) in [6.45, 7) is 3.19. The van der Waals surface area contributed by atoms with E-state index in [1.165, 1.54) is 51.4 Å². The lowest BCUT2D eigenvalue weighted by atomic mass is 10.0. The molecule has 4 heteroatoms.